The van der Waals surface area contributed by atoms with Gasteiger partial charge in [-0.25, -0.2) is 0 Å². The van der Waals surface area contributed by atoms with Crippen LogP contribution in [0, 0.1) is 0 Å². The van der Waals surface area contributed by atoms with Gasteiger partial charge in [0.05, 0.1) is 6.10 Å². The zero-order valence-corrected chi connectivity index (χ0v) is 9.11. The van der Waals surface area contributed by atoms with E-state index in [4.69, 9.17) is 9.47 Å². The Hall–Kier alpha value is -1.48. The number of rotatable bonds is 3. The molecule has 2 heterocycles. The lowest BCUT2D eigenvalue weighted by atomic mass is 10.2. The predicted octanol–water partition coefficient (Wildman–Crippen LogP) is 2.73. The van der Waals surface area contributed by atoms with Crippen LogP contribution in [-0.4, -0.2) is 24.3 Å². The molecule has 0 spiro atoms. The Balaban J connectivity index is 1.68. The molecular weight excluding hydrogens is 202 g/mol. The van der Waals surface area contributed by atoms with Gasteiger partial charge in [-0.05, 0) is 37.1 Å². The second-order valence-corrected chi connectivity index (χ2v) is 4.17. The van der Waals surface area contributed by atoms with Crippen molar-refractivity contribution in [1.29, 1.82) is 0 Å². The van der Waals surface area contributed by atoms with Crippen LogP contribution in [0.4, 0.5) is 0 Å². The fourth-order valence-electron chi connectivity index (χ4n) is 2.09. The number of ether oxygens (including phenoxy) is 2. The lowest BCUT2D eigenvalue weighted by molar-refractivity contribution is 0.0680. The van der Waals surface area contributed by atoms with E-state index in [0.717, 1.165) is 30.7 Å². The maximum absolute atomic E-state index is 5.73. The van der Waals surface area contributed by atoms with Crippen LogP contribution in [0.1, 0.15) is 12.8 Å². The number of aromatic nitrogens is 1. The molecule has 1 aromatic carbocycles. The lowest BCUT2D eigenvalue weighted by Crippen LogP contribution is -2.16. The first-order chi connectivity index (χ1) is 7.92. The van der Waals surface area contributed by atoms with Crippen molar-refractivity contribution in [1.82, 2.24) is 4.98 Å². The van der Waals surface area contributed by atoms with Gasteiger partial charge in [0.15, 0.2) is 0 Å². The Morgan fingerprint density at radius 2 is 2.38 bits per heavy atom. The topological polar surface area (TPSA) is 34.2 Å². The number of nitrogens with one attached hydrogen (secondary N) is 1. The van der Waals surface area contributed by atoms with Crippen LogP contribution < -0.4 is 4.74 Å². The average molecular weight is 217 g/mol. The van der Waals surface area contributed by atoms with Gasteiger partial charge in [0.2, 0.25) is 0 Å². The van der Waals surface area contributed by atoms with Gasteiger partial charge >= 0.3 is 0 Å². The normalized spacial score (nSPS) is 20.4. The number of fused-ring (bicyclic) bond motifs is 1. The number of hydrogen-bond donors (Lipinski definition) is 1. The number of benzene rings is 1. The summed E-state index contributed by atoms with van der Waals surface area (Å²) in [4.78, 5) is 3.16. The Morgan fingerprint density at radius 1 is 1.38 bits per heavy atom. The lowest BCUT2D eigenvalue weighted by Gasteiger charge is -2.11. The van der Waals surface area contributed by atoms with E-state index >= 15 is 0 Å². The first-order valence-electron chi connectivity index (χ1n) is 5.73. The van der Waals surface area contributed by atoms with Crippen LogP contribution >= 0.6 is 0 Å². The third kappa shape index (κ3) is 1.91. The SMILES string of the molecule is c1cc2cc(OCC3CCCO3)ccc2[nH]1. The third-order valence-corrected chi connectivity index (χ3v) is 2.98. The Bertz CT molecular complexity index is 471. The largest absolute Gasteiger partial charge is 0.491 e. The fraction of sp³-hybridized carbons (Fsp3) is 0.385. The van der Waals surface area contributed by atoms with Gasteiger partial charge in [0.1, 0.15) is 12.4 Å². The molecule has 1 N–H and O–H groups in total. The molecule has 84 valence electrons. The summed E-state index contributed by atoms with van der Waals surface area (Å²) < 4.78 is 11.2. The van der Waals surface area contributed by atoms with E-state index in [1.54, 1.807) is 0 Å². The monoisotopic (exact) mass is 217 g/mol. The van der Waals surface area contributed by atoms with E-state index in [0.29, 0.717) is 6.61 Å². The van der Waals surface area contributed by atoms with Crippen LogP contribution in [0.25, 0.3) is 10.9 Å². The Kier molecular flexibility index (Phi) is 2.54. The first kappa shape index (κ1) is 9.73. The molecule has 1 fully saturated rings. The van der Waals surface area contributed by atoms with Crippen molar-refractivity contribution in [3.05, 3.63) is 30.5 Å². The molecule has 1 aromatic heterocycles. The standard InChI is InChI=1S/C13H15NO2/c1-2-12(15-7-1)9-16-11-3-4-13-10(8-11)5-6-14-13/h3-6,8,12,14H,1-2,7,9H2. The molecule has 1 unspecified atom stereocenters. The minimum absolute atomic E-state index is 0.280. The second-order valence-electron chi connectivity index (χ2n) is 4.17. The zero-order valence-electron chi connectivity index (χ0n) is 9.11. The fourth-order valence-corrected chi connectivity index (χ4v) is 2.09. The molecule has 1 atom stereocenters. The summed E-state index contributed by atoms with van der Waals surface area (Å²) in [5.41, 5.74) is 1.14. The predicted molar refractivity (Wildman–Crippen MR) is 62.8 cm³/mol. The van der Waals surface area contributed by atoms with Crippen molar-refractivity contribution in [2.24, 2.45) is 0 Å². The summed E-state index contributed by atoms with van der Waals surface area (Å²) >= 11 is 0. The number of aromatic amines is 1. The van der Waals surface area contributed by atoms with Crippen LogP contribution in [0.5, 0.6) is 5.75 Å². The second kappa shape index (κ2) is 4.18. The smallest absolute Gasteiger partial charge is 0.120 e. The highest BCUT2D eigenvalue weighted by molar-refractivity contribution is 5.80. The molecule has 0 radical (unpaired) electrons. The number of H-pyrrole nitrogens is 1. The van der Waals surface area contributed by atoms with Crippen molar-refractivity contribution in [3.63, 3.8) is 0 Å². The van der Waals surface area contributed by atoms with Gasteiger partial charge in [-0.1, -0.05) is 0 Å². The van der Waals surface area contributed by atoms with Crippen molar-refractivity contribution in [2.75, 3.05) is 13.2 Å². The van der Waals surface area contributed by atoms with E-state index in [2.05, 4.69) is 11.1 Å². The molecule has 3 rings (SSSR count). The highest BCUT2D eigenvalue weighted by Crippen LogP contribution is 2.21. The quantitative estimate of drug-likeness (QED) is 0.857. The summed E-state index contributed by atoms with van der Waals surface area (Å²) in [6.07, 6.45) is 4.49. The van der Waals surface area contributed by atoms with Crippen LogP contribution in [0.3, 0.4) is 0 Å². The highest BCUT2D eigenvalue weighted by atomic mass is 16.5. The average Bonchev–Trinajstić information content (AvgIpc) is 2.97. The maximum atomic E-state index is 5.73. The Labute approximate surface area is 94.4 Å². The molecule has 3 heteroatoms. The van der Waals surface area contributed by atoms with Crippen molar-refractivity contribution in [2.45, 2.75) is 18.9 Å². The van der Waals surface area contributed by atoms with Gasteiger partial charge < -0.3 is 14.5 Å². The molecule has 0 amide bonds. The molecule has 2 aromatic rings. The summed E-state index contributed by atoms with van der Waals surface area (Å²) in [6.45, 7) is 1.54. The van der Waals surface area contributed by atoms with E-state index in [1.807, 2.05) is 24.4 Å². The summed E-state index contributed by atoms with van der Waals surface area (Å²) in [6, 6.07) is 8.14. The summed E-state index contributed by atoms with van der Waals surface area (Å²) in [5.74, 6) is 0.919. The van der Waals surface area contributed by atoms with E-state index in [1.165, 1.54) is 5.39 Å². The molecule has 0 saturated carbocycles. The van der Waals surface area contributed by atoms with Gasteiger partial charge in [-0.15, -0.1) is 0 Å². The molecule has 0 bridgehead atoms. The molecule has 1 saturated heterocycles. The van der Waals surface area contributed by atoms with E-state index in [9.17, 15) is 0 Å². The van der Waals surface area contributed by atoms with Gasteiger partial charge in [0.25, 0.3) is 0 Å². The number of hydrogen-bond acceptors (Lipinski definition) is 2. The third-order valence-electron chi connectivity index (χ3n) is 2.98. The van der Waals surface area contributed by atoms with Gasteiger partial charge in [-0.2, -0.15) is 0 Å². The zero-order chi connectivity index (χ0) is 10.8. The van der Waals surface area contributed by atoms with Crippen molar-refractivity contribution >= 4 is 10.9 Å². The van der Waals surface area contributed by atoms with Gasteiger partial charge in [0, 0.05) is 23.7 Å². The molecule has 3 nitrogen and oxygen atoms in total. The van der Waals surface area contributed by atoms with Crippen LogP contribution in [0.15, 0.2) is 30.5 Å². The summed E-state index contributed by atoms with van der Waals surface area (Å²) in [5, 5.41) is 1.19. The molecule has 1 aliphatic rings. The molecule has 1 aliphatic heterocycles. The molecule has 16 heavy (non-hydrogen) atoms. The molecular formula is C13H15NO2. The van der Waals surface area contributed by atoms with E-state index in [-0.39, 0.29) is 6.10 Å². The van der Waals surface area contributed by atoms with Crippen molar-refractivity contribution < 1.29 is 9.47 Å². The van der Waals surface area contributed by atoms with Crippen LogP contribution in [-0.2, 0) is 4.74 Å². The molecule has 0 aliphatic carbocycles. The van der Waals surface area contributed by atoms with Gasteiger partial charge in [-0.3, -0.25) is 0 Å². The Morgan fingerprint density at radius 3 is 3.25 bits per heavy atom. The van der Waals surface area contributed by atoms with Crippen LogP contribution in [0.2, 0.25) is 0 Å². The minimum atomic E-state index is 0.280. The highest BCUT2D eigenvalue weighted by Gasteiger charge is 2.15. The maximum Gasteiger partial charge on any atom is 0.120 e. The van der Waals surface area contributed by atoms with Crippen molar-refractivity contribution in [3.8, 4) is 5.75 Å². The van der Waals surface area contributed by atoms with E-state index < -0.39 is 0 Å². The summed E-state index contributed by atoms with van der Waals surface area (Å²) in [7, 11) is 0. The first-order valence-corrected chi connectivity index (χ1v) is 5.73. The minimum Gasteiger partial charge on any atom is -0.491 e.